The molecule has 1 N–H and O–H groups in total. The second-order valence-electron chi connectivity index (χ2n) is 7.88. The molecule has 0 radical (unpaired) electrons. The topological polar surface area (TPSA) is 67.9 Å². The molecule has 2 aromatic carbocycles. The molecule has 2 amide bonds. The van der Waals surface area contributed by atoms with E-state index in [1.54, 1.807) is 18.2 Å². The van der Waals surface area contributed by atoms with E-state index in [2.05, 4.69) is 19.2 Å². The summed E-state index contributed by atoms with van der Waals surface area (Å²) in [6.07, 6.45) is 1.48. The van der Waals surface area contributed by atoms with Gasteiger partial charge in [0.15, 0.2) is 11.5 Å². The predicted octanol–water partition coefficient (Wildman–Crippen LogP) is 3.57. The molecule has 2 aliphatic heterocycles. The highest BCUT2D eigenvalue weighted by Gasteiger charge is 2.25. The number of hydrogen-bond acceptors (Lipinski definition) is 4. The Balaban J connectivity index is 1.31. The Kier molecular flexibility index (Phi) is 5.43. The third kappa shape index (κ3) is 4.21. The van der Waals surface area contributed by atoms with Crippen molar-refractivity contribution in [2.45, 2.75) is 38.6 Å². The lowest BCUT2D eigenvalue weighted by Crippen LogP contribution is -2.46. The summed E-state index contributed by atoms with van der Waals surface area (Å²) in [7, 11) is 0. The van der Waals surface area contributed by atoms with Crippen LogP contribution >= 0.6 is 0 Å². The summed E-state index contributed by atoms with van der Waals surface area (Å²) in [5.74, 6) is 1.64. The number of rotatable bonds is 4. The number of benzene rings is 2. The van der Waals surface area contributed by atoms with Crippen molar-refractivity contribution in [3.05, 3.63) is 59.2 Å². The first-order chi connectivity index (χ1) is 14.0. The highest BCUT2D eigenvalue weighted by molar-refractivity contribution is 5.95. The summed E-state index contributed by atoms with van der Waals surface area (Å²) in [4.78, 5) is 27.2. The van der Waals surface area contributed by atoms with Crippen LogP contribution in [0.25, 0.3) is 0 Å². The van der Waals surface area contributed by atoms with Gasteiger partial charge in [-0.2, -0.15) is 0 Å². The van der Waals surface area contributed by atoms with Crippen LogP contribution in [0.2, 0.25) is 0 Å². The van der Waals surface area contributed by atoms with Crippen molar-refractivity contribution in [1.82, 2.24) is 10.2 Å². The molecule has 0 aromatic heterocycles. The minimum absolute atomic E-state index is 0.0558. The Morgan fingerprint density at radius 1 is 0.966 bits per heavy atom. The highest BCUT2D eigenvalue weighted by Crippen LogP contribution is 2.32. The number of carbonyl (C=O) groups is 2. The average molecular weight is 394 g/mol. The van der Waals surface area contributed by atoms with Crippen LogP contribution in [0.4, 0.5) is 0 Å². The van der Waals surface area contributed by atoms with E-state index in [4.69, 9.17) is 9.47 Å². The summed E-state index contributed by atoms with van der Waals surface area (Å²) in [5.41, 5.74) is 2.50. The summed E-state index contributed by atoms with van der Waals surface area (Å²) >= 11 is 0. The van der Waals surface area contributed by atoms with Gasteiger partial charge >= 0.3 is 0 Å². The zero-order chi connectivity index (χ0) is 20.4. The maximum Gasteiger partial charge on any atom is 0.253 e. The molecule has 0 saturated carbocycles. The summed E-state index contributed by atoms with van der Waals surface area (Å²) in [6.45, 7) is 5.74. The van der Waals surface area contributed by atoms with Crippen molar-refractivity contribution < 1.29 is 19.1 Å². The molecule has 6 nitrogen and oxygen atoms in total. The first kappa shape index (κ1) is 19.3. The molecular weight excluding hydrogens is 368 g/mol. The van der Waals surface area contributed by atoms with Crippen LogP contribution in [0.3, 0.4) is 0 Å². The standard InChI is InChI=1S/C23H26N2O4/c1-15(2)16-3-5-17(6-4-16)23(27)25-11-9-19(10-12-25)24-22(26)18-7-8-20-21(13-18)29-14-28-20/h3-8,13,15,19H,9-12,14H2,1-2H3,(H,24,26). The molecule has 2 heterocycles. The molecule has 2 aromatic rings. The van der Waals surface area contributed by atoms with Gasteiger partial charge in [0.1, 0.15) is 0 Å². The molecule has 2 aliphatic rings. The quantitative estimate of drug-likeness (QED) is 0.861. The Labute approximate surface area is 170 Å². The van der Waals surface area contributed by atoms with Crippen LogP contribution in [0, 0.1) is 0 Å². The van der Waals surface area contributed by atoms with Crippen molar-refractivity contribution in [2.24, 2.45) is 0 Å². The Bertz CT molecular complexity index is 900. The van der Waals surface area contributed by atoms with Crippen molar-refractivity contribution in [2.75, 3.05) is 19.9 Å². The van der Waals surface area contributed by atoms with Gasteiger partial charge in [-0.15, -0.1) is 0 Å². The fourth-order valence-corrected chi connectivity index (χ4v) is 3.73. The molecule has 0 unspecified atom stereocenters. The van der Waals surface area contributed by atoms with E-state index >= 15 is 0 Å². The lowest BCUT2D eigenvalue weighted by molar-refractivity contribution is 0.0698. The smallest absolute Gasteiger partial charge is 0.253 e. The Morgan fingerprint density at radius 3 is 2.31 bits per heavy atom. The molecular formula is C23H26N2O4. The number of hydrogen-bond donors (Lipinski definition) is 1. The van der Waals surface area contributed by atoms with E-state index in [0.29, 0.717) is 36.1 Å². The van der Waals surface area contributed by atoms with Gasteiger partial charge in [-0.1, -0.05) is 26.0 Å². The molecule has 6 heteroatoms. The van der Waals surface area contributed by atoms with Crippen molar-refractivity contribution in [1.29, 1.82) is 0 Å². The lowest BCUT2D eigenvalue weighted by Gasteiger charge is -2.32. The van der Waals surface area contributed by atoms with E-state index in [-0.39, 0.29) is 24.6 Å². The Hall–Kier alpha value is -3.02. The first-order valence-corrected chi connectivity index (χ1v) is 10.1. The molecule has 4 rings (SSSR count). The van der Waals surface area contributed by atoms with Gasteiger partial charge in [-0.05, 0) is 54.7 Å². The molecule has 29 heavy (non-hydrogen) atoms. The minimum Gasteiger partial charge on any atom is -0.454 e. The Morgan fingerprint density at radius 2 is 1.62 bits per heavy atom. The second-order valence-corrected chi connectivity index (χ2v) is 7.88. The van der Waals surface area contributed by atoms with E-state index < -0.39 is 0 Å². The number of nitrogens with zero attached hydrogens (tertiary/aromatic N) is 1. The van der Waals surface area contributed by atoms with E-state index in [0.717, 1.165) is 18.4 Å². The SMILES string of the molecule is CC(C)c1ccc(C(=O)N2CCC(NC(=O)c3ccc4c(c3)OCO4)CC2)cc1. The fourth-order valence-electron chi connectivity index (χ4n) is 3.73. The number of fused-ring (bicyclic) bond motifs is 1. The number of piperidine rings is 1. The molecule has 1 fully saturated rings. The zero-order valence-corrected chi connectivity index (χ0v) is 16.8. The van der Waals surface area contributed by atoms with E-state index in [9.17, 15) is 9.59 Å². The number of nitrogens with one attached hydrogen (secondary N) is 1. The maximum atomic E-state index is 12.8. The first-order valence-electron chi connectivity index (χ1n) is 10.1. The second kappa shape index (κ2) is 8.15. The third-order valence-electron chi connectivity index (χ3n) is 5.58. The number of amides is 2. The van der Waals surface area contributed by atoms with Crippen LogP contribution in [0.5, 0.6) is 11.5 Å². The molecule has 0 atom stereocenters. The van der Waals surface area contributed by atoms with Gasteiger partial charge in [0.05, 0.1) is 0 Å². The normalized spacial score (nSPS) is 16.2. The highest BCUT2D eigenvalue weighted by atomic mass is 16.7. The van der Waals surface area contributed by atoms with Crippen molar-refractivity contribution in [3.63, 3.8) is 0 Å². The fraction of sp³-hybridized carbons (Fsp3) is 0.391. The van der Waals surface area contributed by atoms with Crippen LogP contribution in [-0.4, -0.2) is 42.6 Å². The lowest BCUT2D eigenvalue weighted by atomic mass is 10.00. The summed E-state index contributed by atoms with van der Waals surface area (Å²) in [6, 6.07) is 13.1. The van der Waals surface area contributed by atoms with Crippen LogP contribution in [0.15, 0.2) is 42.5 Å². The largest absolute Gasteiger partial charge is 0.454 e. The van der Waals surface area contributed by atoms with Gasteiger partial charge in [-0.3, -0.25) is 9.59 Å². The van der Waals surface area contributed by atoms with Gasteiger partial charge in [0, 0.05) is 30.3 Å². The predicted molar refractivity (Wildman–Crippen MR) is 109 cm³/mol. The van der Waals surface area contributed by atoms with E-state index in [1.165, 1.54) is 5.56 Å². The monoisotopic (exact) mass is 394 g/mol. The molecule has 0 aliphatic carbocycles. The summed E-state index contributed by atoms with van der Waals surface area (Å²) in [5, 5.41) is 3.07. The zero-order valence-electron chi connectivity index (χ0n) is 16.8. The third-order valence-corrected chi connectivity index (χ3v) is 5.58. The van der Waals surface area contributed by atoms with Gasteiger partial charge < -0.3 is 19.7 Å². The molecule has 152 valence electrons. The van der Waals surface area contributed by atoms with E-state index in [1.807, 2.05) is 29.2 Å². The van der Waals surface area contributed by atoms with Crippen molar-refractivity contribution in [3.8, 4) is 11.5 Å². The average Bonchev–Trinajstić information content (AvgIpc) is 3.21. The van der Waals surface area contributed by atoms with Crippen LogP contribution in [-0.2, 0) is 0 Å². The van der Waals surface area contributed by atoms with Gasteiger partial charge in [0.2, 0.25) is 6.79 Å². The van der Waals surface area contributed by atoms with Gasteiger partial charge in [0.25, 0.3) is 11.8 Å². The number of likely N-dealkylation sites (tertiary alicyclic amines) is 1. The number of carbonyl (C=O) groups excluding carboxylic acids is 2. The van der Waals surface area contributed by atoms with Crippen molar-refractivity contribution >= 4 is 11.8 Å². The minimum atomic E-state index is -0.127. The molecule has 0 spiro atoms. The maximum absolute atomic E-state index is 12.8. The number of ether oxygens (including phenoxy) is 2. The molecule has 0 bridgehead atoms. The van der Waals surface area contributed by atoms with Gasteiger partial charge in [-0.25, -0.2) is 0 Å². The van der Waals surface area contributed by atoms with Crippen LogP contribution < -0.4 is 14.8 Å². The summed E-state index contributed by atoms with van der Waals surface area (Å²) < 4.78 is 10.6. The van der Waals surface area contributed by atoms with Crippen LogP contribution in [0.1, 0.15) is 58.9 Å². The molecule has 1 saturated heterocycles.